The van der Waals surface area contributed by atoms with Crippen LogP contribution in [0.4, 0.5) is 0 Å². The minimum absolute atomic E-state index is 0.0460. The number of piperidine rings is 1. The van der Waals surface area contributed by atoms with Crippen molar-refractivity contribution in [2.24, 2.45) is 0 Å². The summed E-state index contributed by atoms with van der Waals surface area (Å²) >= 11 is 1.79. The number of hydrogen-bond acceptors (Lipinski definition) is 5. The maximum absolute atomic E-state index is 13.0. The average Bonchev–Trinajstić information content (AvgIpc) is 3.25. The van der Waals surface area contributed by atoms with Crippen LogP contribution in [0.1, 0.15) is 64.8 Å². The van der Waals surface area contributed by atoms with Crippen molar-refractivity contribution in [3.05, 3.63) is 46.3 Å². The van der Waals surface area contributed by atoms with E-state index in [9.17, 15) is 4.79 Å². The summed E-state index contributed by atoms with van der Waals surface area (Å²) in [5.41, 5.74) is 2.71. The maximum atomic E-state index is 13.0. The number of hydrogen-bond donors (Lipinski definition) is 0. The van der Waals surface area contributed by atoms with Crippen LogP contribution in [0.15, 0.2) is 28.8 Å². The summed E-state index contributed by atoms with van der Waals surface area (Å²) in [4.78, 5) is 19.8. The quantitative estimate of drug-likeness (QED) is 0.610. The Labute approximate surface area is 162 Å². The third-order valence-corrected chi connectivity index (χ3v) is 7.04. The van der Waals surface area contributed by atoms with Gasteiger partial charge in [0, 0.05) is 31.0 Å². The standard InChI is InChI=1S/C21H23N3O2S/c25-21(19-15-6-2-1-3-8-17(15)26-23-19)24-12-10-14(11-13-24)20-22-16-7-4-5-9-18(16)27-20/h4-5,7,9,14H,1-3,6,8,10-13H2. The lowest BCUT2D eigenvalue weighted by molar-refractivity contribution is 0.0701. The number of carbonyl (C=O) groups excluding carboxylic acids is 1. The van der Waals surface area contributed by atoms with Crippen LogP contribution in [0.3, 0.4) is 0 Å². The molecule has 1 amide bonds. The second-order valence-corrected chi connectivity index (χ2v) is 8.64. The molecular weight excluding hydrogens is 358 g/mol. The van der Waals surface area contributed by atoms with E-state index in [1.807, 2.05) is 11.0 Å². The number of amides is 1. The van der Waals surface area contributed by atoms with Crippen molar-refractivity contribution in [3.8, 4) is 0 Å². The Morgan fingerprint density at radius 1 is 1.11 bits per heavy atom. The van der Waals surface area contributed by atoms with Crippen LogP contribution in [-0.4, -0.2) is 34.0 Å². The number of carbonyl (C=O) groups is 1. The minimum Gasteiger partial charge on any atom is -0.360 e. The van der Waals surface area contributed by atoms with Gasteiger partial charge in [0.05, 0.1) is 15.2 Å². The molecule has 0 spiro atoms. The number of thiazole rings is 1. The molecule has 0 saturated carbocycles. The number of aryl methyl sites for hydroxylation is 1. The van der Waals surface area contributed by atoms with Crippen molar-refractivity contribution in [1.82, 2.24) is 15.0 Å². The molecule has 0 radical (unpaired) electrons. The van der Waals surface area contributed by atoms with E-state index in [-0.39, 0.29) is 5.91 Å². The highest BCUT2D eigenvalue weighted by Crippen LogP contribution is 2.34. The van der Waals surface area contributed by atoms with Gasteiger partial charge >= 0.3 is 0 Å². The summed E-state index contributed by atoms with van der Waals surface area (Å²) in [6.45, 7) is 1.53. The van der Waals surface area contributed by atoms with Crippen LogP contribution >= 0.6 is 11.3 Å². The highest BCUT2D eigenvalue weighted by molar-refractivity contribution is 7.18. The number of para-hydroxylation sites is 1. The summed E-state index contributed by atoms with van der Waals surface area (Å²) < 4.78 is 6.74. The van der Waals surface area contributed by atoms with Gasteiger partial charge in [0.2, 0.25) is 0 Å². The molecular formula is C21H23N3O2S. The van der Waals surface area contributed by atoms with Crippen molar-refractivity contribution < 1.29 is 9.32 Å². The summed E-state index contributed by atoms with van der Waals surface area (Å²) in [5.74, 6) is 1.42. The Morgan fingerprint density at radius 3 is 2.78 bits per heavy atom. The van der Waals surface area contributed by atoms with E-state index in [1.54, 1.807) is 11.3 Å². The molecule has 3 heterocycles. The Balaban J connectivity index is 1.29. The fourth-order valence-electron chi connectivity index (χ4n) is 4.27. The summed E-state index contributed by atoms with van der Waals surface area (Å²) in [6, 6.07) is 8.30. The first kappa shape index (κ1) is 16.9. The van der Waals surface area contributed by atoms with Gasteiger partial charge in [-0.25, -0.2) is 4.98 Å². The Kier molecular flexibility index (Phi) is 4.44. The minimum atomic E-state index is 0.0460. The lowest BCUT2D eigenvalue weighted by Gasteiger charge is -2.30. The molecule has 6 heteroatoms. The molecule has 0 bridgehead atoms. The van der Waals surface area contributed by atoms with Gasteiger partial charge in [0.1, 0.15) is 5.76 Å². The molecule has 1 saturated heterocycles. The second kappa shape index (κ2) is 7.08. The molecule has 1 aliphatic heterocycles. The smallest absolute Gasteiger partial charge is 0.276 e. The van der Waals surface area contributed by atoms with Gasteiger partial charge in [-0.05, 0) is 44.2 Å². The van der Waals surface area contributed by atoms with Crippen molar-refractivity contribution in [2.45, 2.75) is 50.9 Å². The van der Waals surface area contributed by atoms with Crippen molar-refractivity contribution in [2.75, 3.05) is 13.1 Å². The molecule has 5 rings (SSSR count). The molecule has 1 aromatic carbocycles. The zero-order valence-electron chi connectivity index (χ0n) is 15.3. The Hall–Kier alpha value is -2.21. The third-order valence-electron chi connectivity index (χ3n) is 5.84. The van der Waals surface area contributed by atoms with Crippen LogP contribution < -0.4 is 0 Å². The normalized spacial score (nSPS) is 18.4. The molecule has 5 nitrogen and oxygen atoms in total. The van der Waals surface area contributed by atoms with E-state index in [2.05, 4.69) is 23.4 Å². The lowest BCUT2D eigenvalue weighted by atomic mass is 9.97. The number of benzene rings is 1. The Morgan fingerprint density at radius 2 is 1.93 bits per heavy atom. The number of nitrogens with zero attached hydrogens (tertiary/aromatic N) is 3. The van der Waals surface area contributed by atoms with Gasteiger partial charge in [-0.15, -0.1) is 11.3 Å². The highest BCUT2D eigenvalue weighted by atomic mass is 32.1. The molecule has 27 heavy (non-hydrogen) atoms. The number of fused-ring (bicyclic) bond motifs is 2. The van der Waals surface area contributed by atoms with Gasteiger partial charge in [-0.2, -0.15) is 0 Å². The van der Waals surface area contributed by atoms with E-state index < -0.39 is 0 Å². The third kappa shape index (κ3) is 3.16. The number of rotatable bonds is 2. The van der Waals surface area contributed by atoms with Crippen molar-refractivity contribution >= 4 is 27.5 Å². The van der Waals surface area contributed by atoms with Gasteiger partial charge in [-0.1, -0.05) is 23.7 Å². The largest absolute Gasteiger partial charge is 0.360 e. The van der Waals surface area contributed by atoms with E-state index in [0.717, 1.165) is 68.5 Å². The number of likely N-dealkylation sites (tertiary alicyclic amines) is 1. The molecule has 2 aliphatic rings. The van der Waals surface area contributed by atoms with Gasteiger partial charge in [-0.3, -0.25) is 4.79 Å². The molecule has 140 valence electrons. The average molecular weight is 382 g/mol. The summed E-state index contributed by atoms with van der Waals surface area (Å²) in [5, 5.41) is 5.35. The number of aromatic nitrogens is 2. The zero-order valence-corrected chi connectivity index (χ0v) is 16.1. The first-order chi connectivity index (χ1) is 13.3. The van der Waals surface area contributed by atoms with Gasteiger partial charge < -0.3 is 9.42 Å². The summed E-state index contributed by atoms with van der Waals surface area (Å²) in [6.07, 6.45) is 7.21. The molecule has 1 aliphatic carbocycles. The van der Waals surface area contributed by atoms with Crippen LogP contribution in [0.5, 0.6) is 0 Å². The first-order valence-electron chi connectivity index (χ1n) is 9.92. The van der Waals surface area contributed by atoms with Crippen LogP contribution in [0.2, 0.25) is 0 Å². The summed E-state index contributed by atoms with van der Waals surface area (Å²) in [7, 11) is 0. The lowest BCUT2D eigenvalue weighted by Crippen LogP contribution is -2.38. The molecule has 1 fully saturated rings. The highest BCUT2D eigenvalue weighted by Gasteiger charge is 2.30. The monoisotopic (exact) mass is 381 g/mol. The second-order valence-electron chi connectivity index (χ2n) is 7.58. The molecule has 0 N–H and O–H groups in total. The van der Waals surface area contributed by atoms with E-state index in [1.165, 1.54) is 16.1 Å². The predicted octanol–water partition coefficient (Wildman–Crippen LogP) is 4.57. The fourth-order valence-corrected chi connectivity index (χ4v) is 5.41. The predicted molar refractivity (Wildman–Crippen MR) is 105 cm³/mol. The molecule has 0 unspecified atom stereocenters. The topological polar surface area (TPSA) is 59.2 Å². The van der Waals surface area contributed by atoms with E-state index in [4.69, 9.17) is 9.51 Å². The molecule has 3 aromatic rings. The first-order valence-corrected chi connectivity index (χ1v) is 10.7. The zero-order chi connectivity index (χ0) is 18.2. The Bertz CT molecular complexity index is 936. The maximum Gasteiger partial charge on any atom is 0.276 e. The van der Waals surface area contributed by atoms with Crippen molar-refractivity contribution in [1.29, 1.82) is 0 Å². The van der Waals surface area contributed by atoms with Crippen LogP contribution in [-0.2, 0) is 12.8 Å². The molecule has 2 aromatic heterocycles. The van der Waals surface area contributed by atoms with Crippen molar-refractivity contribution in [3.63, 3.8) is 0 Å². The van der Waals surface area contributed by atoms with E-state index in [0.29, 0.717) is 11.6 Å². The van der Waals surface area contributed by atoms with Gasteiger partial charge in [0.25, 0.3) is 5.91 Å². The van der Waals surface area contributed by atoms with Crippen LogP contribution in [0.25, 0.3) is 10.2 Å². The van der Waals surface area contributed by atoms with E-state index >= 15 is 0 Å². The SMILES string of the molecule is O=C(c1noc2c1CCCCC2)N1CCC(c2nc3ccccc3s2)CC1. The van der Waals surface area contributed by atoms with Gasteiger partial charge in [0.15, 0.2) is 5.69 Å². The fraction of sp³-hybridized carbons (Fsp3) is 0.476. The molecule has 0 atom stereocenters. The van der Waals surface area contributed by atoms with Crippen LogP contribution in [0, 0.1) is 0 Å².